The fourth-order valence-electron chi connectivity index (χ4n) is 1.65. The van der Waals surface area contributed by atoms with Crippen LogP contribution >= 0.6 is 11.3 Å². The largest absolute Gasteiger partial charge is 0.289 e. The summed E-state index contributed by atoms with van der Waals surface area (Å²) in [6, 6.07) is 9.72. The molecule has 1 aromatic heterocycles. The first-order valence-electron chi connectivity index (χ1n) is 5.50. The minimum atomic E-state index is 0.0656. The van der Waals surface area contributed by atoms with Gasteiger partial charge in [0, 0.05) is 10.4 Å². The number of allylic oxidation sites excluding steroid dienone is 1. The van der Waals surface area contributed by atoms with Gasteiger partial charge >= 0.3 is 0 Å². The Morgan fingerprint density at radius 3 is 2.53 bits per heavy atom. The fourth-order valence-corrected chi connectivity index (χ4v) is 2.47. The van der Waals surface area contributed by atoms with Gasteiger partial charge in [-0.25, -0.2) is 0 Å². The van der Waals surface area contributed by atoms with E-state index in [1.54, 1.807) is 17.4 Å². The molecule has 2 aromatic rings. The molecule has 0 fully saturated rings. The molecule has 0 saturated heterocycles. The topological polar surface area (TPSA) is 17.1 Å². The van der Waals surface area contributed by atoms with E-state index in [4.69, 9.17) is 0 Å². The second-order valence-electron chi connectivity index (χ2n) is 3.98. The summed E-state index contributed by atoms with van der Waals surface area (Å²) >= 11 is 1.65. The molecule has 0 unspecified atom stereocenters. The molecule has 0 spiro atoms. The van der Waals surface area contributed by atoms with Crippen molar-refractivity contribution in [3.63, 3.8) is 0 Å². The van der Waals surface area contributed by atoms with E-state index in [9.17, 15) is 4.79 Å². The third-order valence-corrected chi connectivity index (χ3v) is 3.68. The molecule has 2 rings (SSSR count). The average molecular weight is 242 g/mol. The van der Waals surface area contributed by atoms with Crippen molar-refractivity contribution in [2.45, 2.75) is 13.8 Å². The van der Waals surface area contributed by atoms with Crippen LogP contribution < -0.4 is 0 Å². The Hall–Kier alpha value is -1.67. The zero-order chi connectivity index (χ0) is 12.3. The van der Waals surface area contributed by atoms with Crippen LogP contribution in [0.2, 0.25) is 0 Å². The molecule has 0 saturated carbocycles. The van der Waals surface area contributed by atoms with Gasteiger partial charge in [-0.1, -0.05) is 24.3 Å². The third kappa shape index (κ3) is 2.71. The highest BCUT2D eigenvalue weighted by Gasteiger charge is 2.04. The smallest absolute Gasteiger partial charge is 0.186 e. The van der Waals surface area contributed by atoms with Crippen molar-refractivity contribution in [2.75, 3.05) is 0 Å². The van der Waals surface area contributed by atoms with Crippen molar-refractivity contribution >= 4 is 23.2 Å². The van der Waals surface area contributed by atoms with Crippen molar-refractivity contribution in [1.29, 1.82) is 0 Å². The van der Waals surface area contributed by atoms with E-state index >= 15 is 0 Å². The van der Waals surface area contributed by atoms with Gasteiger partial charge in [0.05, 0.1) is 0 Å². The first-order chi connectivity index (χ1) is 8.18. The van der Waals surface area contributed by atoms with Crippen LogP contribution in [0.3, 0.4) is 0 Å². The molecule has 1 heterocycles. The van der Waals surface area contributed by atoms with Crippen molar-refractivity contribution < 1.29 is 4.79 Å². The molecule has 0 aliphatic heterocycles. The number of carbonyl (C=O) groups excluding carboxylic acids is 1. The van der Waals surface area contributed by atoms with Crippen LogP contribution in [0, 0.1) is 13.8 Å². The van der Waals surface area contributed by atoms with Gasteiger partial charge in [-0.05, 0) is 48.6 Å². The quantitative estimate of drug-likeness (QED) is 0.580. The molecular weight excluding hydrogens is 228 g/mol. The molecule has 0 radical (unpaired) electrons. The van der Waals surface area contributed by atoms with E-state index in [0.717, 1.165) is 16.0 Å². The molecule has 2 heteroatoms. The lowest BCUT2D eigenvalue weighted by molar-refractivity contribution is 0.104. The zero-order valence-corrected chi connectivity index (χ0v) is 10.8. The van der Waals surface area contributed by atoms with Gasteiger partial charge in [0.2, 0.25) is 0 Å². The summed E-state index contributed by atoms with van der Waals surface area (Å²) in [5.74, 6) is 0.0656. The van der Waals surface area contributed by atoms with Crippen LogP contribution in [-0.4, -0.2) is 5.78 Å². The van der Waals surface area contributed by atoms with E-state index < -0.39 is 0 Å². The summed E-state index contributed by atoms with van der Waals surface area (Å²) in [5.41, 5.74) is 3.01. The SMILES string of the molecule is Cc1ccccc1C(=O)C=Cc1sccc1C. The Morgan fingerprint density at radius 2 is 1.88 bits per heavy atom. The molecule has 0 N–H and O–H groups in total. The Morgan fingerprint density at radius 1 is 1.12 bits per heavy atom. The first kappa shape index (κ1) is 11.8. The number of hydrogen-bond donors (Lipinski definition) is 0. The normalized spacial score (nSPS) is 10.9. The Balaban J connectivity index is 2.21. The number of carbonyl (C=O) groups is 1. The monoisotopic (exact) mass is 242 g/mol. The molecule has 0 amide bonds. The zero-order valence-electron chi connectivity index (χ0n) is 9.94. The summed E-state index contributed by atoms with van der Waals surface area (Å²) in [6.07, 6.45) is 3.55. The third-order valence-electron chi connectivity index (χ3n) is 2.70. The maximum Gasteiger partial charge on any atom is 0.186 e. The number of thiophene rings is 1. The molecule has 0 atom stereocenters. The number of benzene rings is 1. The molecule has 86 valence electrons. The fraction of sp³-hybridized carbons (Fsp3) is 0.133. The molecule has 0 bridgehead atoms. The highest BCUT2D eigenvalue weighted by molar-refractivity contribution is 7.11. The minimum Gasteiger partial charge on any atom is -0.289 e. The van der Waals surface area contributed by atoms with Gasteiger partial charge < -0.3 is 0 Å². The Labute approximate surface area is 105 Å². The molecule has 1 nitrogen and oxygen atoms in total. The Kier molecular flexibility index (Phi) is 3.55. The lowest BCUT2D eigenvalue weighted by atomic mass is 10.0. The highest BCUT2D eigenvalue weighted by Crippen LogP contribution is 2.18. The number of rotatable bonds is 3. The lowest BCUT2D eigenvalue weighted by Crippen LogP contribution is -1.96. The van der Waals surface area contributed by atoms with Crippen LogP contribution in [0.4, 0.5) is 0 Å². The molecular formula is C15H14OS. The van der Waals surface area contributed by atoms with Gasteiger partial charge in [-0.3, -0.25) is 4.79 Å². The van der Waals surface area contributed by atoms with Gasteiger partial charge in [0.15, 0.2) is 5.78 Å². The van der Waals surface area contributed by atoms with E-state index in [2.05, 4.69) is 13.0 Å². The van der Waals surface area contributed by atoms with Crippen molar-refractivity contribution in [1.82, 2.24) is 0 Å². The summed E-state index contributed by atoms with van der Waals surface area (Å²) in [5, 5.41) is 2.03. The molecule has 17 heavy (non-hydrogen) atoms. The van der Waals surface area contributed by atoms with Gasteiger partial charge in [-0.2, -0.15) is 0 Å². The van der Waals surface area contributed by atoms with Crippen LogP contribution in [0.1, 0.15) is 26.4 Å². The predicted molar refractivity (Wildman–Crippen MR) is 73.6 cm³/mol. The predicted octanol–water partition coefficient (Wildman–Crippen LogP) is 4.26. The summed E-state index contributed by atoms with van der Waals surface area (Å²) < 4.78 is 0. The van der Waals surface area contributed by atoms with Gasteiger partial charge in [-0.15, -0.1) is 11.3 Å². The van der Waals surface area contributed by atoms with Crippen molar-refractivity contribution in [3.8, 4) is 0 Å². The van der Waals surface area contributed by atoms with Crippen LogP contribution in [0.25, 0.3) is 6.08 Å². The Bertz CT molecular complexity index is 564. The molecule has 1 aromatic carbocycles. The first-order valence-corrected chi connectivity index (χ1v) is 6.38. The van der Waals surface area contributed by atoms with Crippen LogP contribution in [0.5, 0.6) is 0 Å². The van der Waals surface area contributed by atoms with Crippen LogP contribution in [-0.2, 0) is 0 Å². The standard InChI is InChI=1S/C15H14OS/c1-11-5-3-4-6-13(11)14(16)7-8-15-12(2)9-10-17-15/h3-10H,1-2H3. The maximum atomic E-state index is 12.0. The highest BCUT2D eigenvalue weighted by atomic mass is 32.1. The number of ketones is 1. The van der Waals surface area contributed by atoms with E-state index in [0.29, 0.717) is 0 Å². The van der Waals surface area contributed by atoms with Gasteiger partial charge in [0.25, 0.3) is 0 Å². The second-order valence-corrected chi connectivity index (χ2v) is 4.93. The summed E-state index contributed by atoms with van der Waals surface area (Å²) in [4.78, 5) is 13.1. The number of aryl methyl sites for hydroxylation is 2. The second kappa shape index (κ2) is 5.11. The maximum absolute atomic E-state index is 12.0. The molecule has 0 aliphatic rings. The van der Waals surface area contributed by atoms with E-state index in [-0.39, 0.29) is 5.78 Å². The average Bonchev–Trinajstić information content (AvgIpc) is 2.72. The summed E-state index contributed by atoms with van der Waals surface area (Å²) in [7, 11) is 0. The van der Waals surface area contributed by atoms with E-state index in [1.165, 1.54) is 5.56 Å². The van der Waals surface area contributed by atoms with Crippen LogP contribution in [0.15, 0.2) is 41.8 Å². The van der Waals surface area contributed by atoms with E-state index in [1.807, 2.05) is 42.6 Å². The minimum absolute atomic E-state index is 0.0656. The van der Waals surface area contributed by atoms with Crippen molar-refractivity contribution in [3.05, 3.63) is 63.4 Å². The summed E-state index contributed by atoms with van der Waals surface area (Å²) in [6.45, 7) is 4.01. The molecule has 0 aliphatic carbocycles. The van der Waals surface area contributed by atoms with Gasteiger partial charge in [0.1, 0.15) is 0 Å². The lowest BCUT2D eigenvalue weighted by Gasteiger charge is -1.99. The number of hydrogen-bond acceptors (Lipinski definition) is 2. The van der Waals surface area contributed by atoms with Crippen molar-refractivity contribution in [2.24, 2.45) is 0 Å².